The summed E-state index contributed by atoms with van der Waals surface area (Å²) in [7, 11) is 0. The largest absolute Gasteiger partial charge is 0.390 e. The summed E-state index contributed by atoms with van der Waals surface area (Å²) < 4.78 is 9.64. The number of aromatic nitrogens is 4. The van der Waals surface area contributed by atoms with Gasteiger partial charge in [0.15, 0.2) is 5.82 Å². The second-order valence-corrected chi connectivity index (χ2v) is 2.53. The van der Waals surface area contributed by atoms with E-state index in [1.54, 1.807) is 6.92 Å². The molecular weight excluding hydrogens is 188 g/mol. The number of nitrogens with two attached hydrogens (primary N) is 1. The van der Waals surface area contributed by atoms with Gasteiger partial charge in [-0.25, -0.2) is 0 Å². The van der Waals surface area contributed by atoms with Crippen molar-refractivity contribution in [1.29, 1.82) is 0 Å². The molecule has 0 fully saturated rings. The monoisotopic (exact) mass is 196 g/mol. The van der Waals surface area contributed by atoms with Crippen molar-refractivity contribution in [3.05, 3.63) is 11.7 Å². The minimum absolute atomic E-state index is 0.0109. The second kappa shape index (κ2) is 3.32. The Balaban J connectivity index is 1.94. The summed E-state index contributed by atoms with van der Waals surface area (Å²) in [6.07, 6.45) is 0. The third-order valence-electron chi connectivity index (χ3n) is 1.41. The van der Waals surface area contributed by atoms with E-state index in [1.807, 2.05) is 0 Å². The van der Waals surface area contributed by atoms with Crippen molar-refractivity contribution < 1.29 is 8.94 Å². The Morgan fingerprint density at radius 2 is 2.29 bits per heavy atom. The van der Waals surface area contributed by atoms with Gasteiger partial charge in [0.25, 0.3) is 0 Å². The molecule has 8 heteroatoms. The highest BCUT2D eigenvalue weighted by atomic mass is 16.5. The molecule has 0 aliphatic carbocycles. The molecule has 0 aromatic carbocycles. The summed E-state index contributed by atoms with van der Waals surface area (Å²) in [4.78, 5) is 3.97. The summed E-state index contributed by atoms with van der Waals surface area (Å²) in [6, 6.07) is 0.238. The molecule has 2 rings (SSSR count). The molecule has 2 aromatic rings. The molecule has 3 N–H and O–H groups in total. The first-order valence-electron chi connectivity index (χ1n) is 3.86. The molecule has 8 nitrogen and oxygen atoms in total. The zero-order chi connectivity index (χ0) is 9.97. The van der Waals surface area contributed by atoms with Crippen LogP contribution in [0.25, 0.3) is 0 Å². The number of nitrogens with zero attached hydrogens (tertiary/aromatic N) is 4. The lowest BCUT2D eigenvalue weighted by Crippen LogP contribution is -2.01. The maximum atomic E-state index is 5.22. The van der Waals surface area contributed by atoms with Crippen molar-refractivity contribution >= 4 is 12.0 Å². The lowest BCUT2D eigenvalue weighted by molar-refractivity contribution is 0.388. The quantitative estimate of drug-likeness (QED) is 0.702. The summed E-state index contributed by atoms with van der Waals surface area (Å²) in [5, 5.41) is 13.5. The van der Waals surface area contributed by atoms with Gasteiger partial charge in [-0.15, -0.1) is 0 Å². The highest BCUT2D eigenvalue weighted by molar-refractivity contribution is 5.22. The van der Waals surface area contributed by atoms with Crippen LogP contribution in [-0.4, -0.2) is 20.3 Å². The Labute approximate surface area is 78.5 Å². The van der Waals surface area contributed by atoms with Gasteiger partial charge in [-0.3, -0.25) is 0 Å². The second-order valence-electron chi connectivity index (χ2n) is 2.53. The van der Waals surface area contributed by atoms with Gasteiger partial charge in [-0.05, 0) is 0 Å². The molecule has 74 valence electrons. The first-order valence-corrected chi connectivity index (χ1v) is 3.86. The van der Waals surface area contributed by atoms with E-state index in [0.717, 1.165) is 0 Å². The Morgan fingerprint density at radius 3 is 2.86 bits per heavy atom. The van der Waals surface area contributed by atoms with Crippen LogP contribution in [0, 0.1) is 6.92 Å². The lowest BCUT2D eigenvalue weighted by Gasteiger charge is -1.93. The van der Waals surface area contributed by atoms with Crippen LogP contribution in [0.15, 0.2) is 8.94 Å². The van der Waals surface area contributed by atoms with Crippen molar-refractivity contribution in [3.63, 3.8) is 0 Å². The first kappa shape index (κ1) is 8.48. The Bertz CT molecular complexity index is 381. The molecule has 0 aliphatic heterocycles. The normalized spacial score (nSPS) is 10.4. The summed E-state index contributed by atoms with van der Waals surface area (Å²) in [5.41, 5.74) is 5.22. The molecule has 0 aliphatic rings. The zero-order valence-electron chi connectivity index (χ0n) is 7.39. The maximum absolute atomic E-state index is 5.22. The van der Waals surface area contributed by atoms with E-state index in [0.29, 0.717) is 18.3 Å². The van der Waals surface area contributed by atoms with Gasteiger partial charge in [-0.1, -0.05) is 15.4 Å². The van der Waals surface area contributed by atoms with Crippen LogP contribution < -0.4 is 11.1 Å². The van der Waals surface area contributed by atoms with Gasteiger partial charge in [0, 0.05) is 6.92 Å². The maximum Gasteiger partial charge on any atom is 0.317 e. The van der Waals surface area contributed by atoms with Crippen molar-refractivity contribution in [2.45, 2.75) is 13.5 Å². The number of aryl methyl sites for hydroxylation is 1. The van der Waals surface area contributed by atoms with E-state index in [2.05, 4.69) is 25.7 Å². The summed E-state index contributed by atoms with van der Waals surface area (Å²) in [6.45, 7) is 2.06. The minimum Gasteiger partial charge on any atom is -0.390 e. The van der Waals surface area contributed by atoms with Gasteiger partial charge in [0.1, 0.15) is 0 Å². The SMILES string of the molecule is Cc1nc(CNc2nnc(N)o2)no1. The van der Waals surface area contributed by atoms with Gasteiger partial charge in [-0.2, -0.15) is 4.98 Å². The molecule has 0 spiro atoms. The van der Waals surface area contributed by atoms with Crippen LogP contribution in [0.5, 0.6) is 0 Å². The number of anilines is 2. The standard InChI is InChI=1S/C6H8N6O2/c1-3-9-4(12-14-3)2-8-6-11-10-5(7)13-6/h2H2,1H3,(H2,7,10)(H,8,11). The molecule has 0 bridgehead atoms. The predicted molar refractivity (Wildman–Crippen MR) is 45.1 cm³/mol. The van der Waals surface area contributed by atoms with Crippen LogP contribution >= 0.6 is 0 Å². The minimum atomic E-state index is 0.0109. The molecule has 2 heterocycles. The van der Waals surface area contributed by atoms with E-state index >= 15 is 0 Å². The Kier molecular flexibility index (Phi) is 2.01. The fraction of sp³-hybridized carbons (Fsp3) is 0.333. The number of nitrogen functional groups attached to an aromatic ring is 1. The first-order chi connectivity index (χ1) is 6.74. The average molecular weight is 196 g/mol. The summed E-state index contributed by atoms with van der Waals surface area (Å²) in [5.74, 6) is 1.02. The van der Waals surface area contributed by atoms with Crippen molar-refractivity contribution in [3.8, 4) is 0 Å². The topological polar surface area (TPSA) is 116 Å². The molecule has 0 unspecified atom stereocenters. The Hall–Kier alpha value is -2.12. The Morgan fingerprint density at radius 1 is 1.43 bits per heavy atom. The average Bonchev–Trinajstić information content (AvgIpc) is 2.72. The van der Waals surface area contributed by atoms with Crippen LogP contribution in [-0.2, 0) is 6.54 Å². The van der Waals surface area contributed by atoms with Gasteiger partial charge < -0.3 is 20.0 Å². The van der Waals surface area contributed by atoms with E-state index in [1.165, 1.54) is 0 Å². The van der Waals surface area contributed by atoms with Gasteiger partial charge in [0.05, 0.1) is 6.54 Å². The number of hydrogen-bond donors (Lipinski definition) is 2. The molecule has 0 atom stereocenters. The number of hydrogen-bond acceptors (Lipinski definition) is 8. The fourth-order valence-electron chi connectivity index (χ4n) is 0.874. The number of nitrogens with one attached hydrogen (secondary N) is 1. The smallest absolute Gasteiger partial charge is 0.317 e. The van der Waals surface area contributed by atoms with E-state index < -0.39 is 0 Å². The van der Waals surface area contributed by atoms with Crippen LogP contribution in [0.1, 0.15) is 11.7 Å². The molecular formula is C6H8N6O2. The van der Waals surface area contributed by atoms with E-state index in [9.17, 15) is 0 Å². The van der Waals surface area contributed by atoms with E-state index in [-0.39, 0.29) is 12.0 Å². The molecule has 14 heavy (non-hydrogen) atoms. The zero-order valence-corrected chi connectivity index (χ0v) is 7.39. The van der Waals surface area contributed by atoms with Crippen molar-refractivity contribution in [2.24, 2.45) is 0 Å². The molecule has 0 saturated carbocycles. The molecule has 0 amide bonds. The summed E-state index contributed by atoms with van der Waals surface area (Å²) >= 11 is 0. The number of rotatable bonds is 3. The van der Waals surface area contributed by atoms with Crippen molar-refractivity contribution in [1.82, 2.24) is 20.3 Å². The van der Waals surface area contributed by atoms with Crippen LogP contribution in [0.4, 0.5) is 12.0 Å². The highest BCUT2D eigenvalue weighted by Gasteiger charge is 2.05. The molecule has 0 radical (unpaired) electrons. The predicted octanol–water partition coefficient (Wildman–Crippen LogP) is -0.0447. The lowest BCUT2D eigenvalue weighted by atomic mass is 10.6. The van der Waals surface area contributed by atoms with Crippen molar-refractivity contribution in [2.75, 3.05) is 11.1 Å². The third kappa shape index (κ3) is 1.79. The van der Waals surface area contributed by atoms with E-state index in [4.69, 9.17) is 14.7 Å². The molecule has 0 saturated heterocycles. The fourth-order valence-corrected chi connectivity index (χ4v) is 0.874. The van der Waals surface area contributed by atoms with Gasteiger partial charge in [0.2, 0.25) is 5.89 Å². The third-order valence-corrected chi connectivity index (χ3v) is 1.41. The van der Waals surface area contributed by atoms with Crippen LogP contribution in [0.2, 0.25) is 0 Å². The van der Waals surface area contributed by atoms with Crippen LogP contribution in [0.3, 0.4) is 0 Å². The highest BCUT2D eigenvalue weighted by Crippen LogP contribution is 2.07. The molecule has 2 aromatic heterocycles. The van der Waals surface area contributed by atoms with Gasteiger partial charge >= 0.3 is 12.0 Å².